The Morgan fingerprint density at radius 1 is 0.514 bits per heavy atom. The smallest absolute Gasteiger partial charge is 0.268 e. The molecular formula is C61H109N2O6P. The molecule has 70 heavy (non-hydrogen) atoms. The molecule has 3 unspecified atom stereocenters. The molecule has 0 aromatic rings. The van der Waals surface area contributed by atoms with E-state index < -0.39 is 26.6 Å². The monoisotopic (exact) mass is 997 g/mol. The van der Waals surface area contributed by atoms with Gasteiger partial charge in [0.1, 0.15) is 13.2 Å². The molecule has 0 fully saturated rings. The molecule has 0 rings (SSSR count). The van der Waals surface area contributed by atoms with Crippen LogP contribution in [0, 0.1) is 0 Å². The lowest BCUT2D eigenvalue weighted by Gasteiger charge is -2.29. The second-order valence-electron chi connectivity index (χ2n) is 20.2. The van der Waals surface area contributed by atoms with Gasteiger partial charge in [0.2, 0.25) is 5.91 Å². The number of likely N-dealkylation sites (N-methyl/N-ethyl adjacent to an activating group) is 1. The molecule has 0 radical (unpaired) electrons. The molecule has 0 aromatic carbocycles. The first-order valence-corrected chi connectivity index (χ1v) is 30.1. The molecule has 0 aliphatic carbocycles. The molecule has 0 bridgehead atoms. The van der Waals surface area contributed by atoms with Crippen LogP contribution in [0.15, 0.2) is 97.2 Å². The maximum absolute atomic E-state index is 13.0. The molecule has 2 N–H and O–H groups in total. The molecule has 0 heterocycles. The standard InChI is InChI=1S/C61H109N2O6P/c1-6-8-10-12-14-16-18-20-22-24-26-28-29-30-31-32-33-35-37-39-41-43-45-47-49-51-53-55-61(65)62-59(58-69-70(66,67)68-57-56-63(3,4)5)60(64)54-52-50-48-46-44-42-40-38-36-34-27-25-23-21-19-17-15-13-11-9-7-2/h8,10,14,16,20,22,26,28,30-31,36,38,44,46,52,54,59-60,64H,6-7,9,11-13,15,17-19,21,23-25,27,29,32-35,37,39-43,45,47-51,53,55-58H2,1-5H3,(H-,62,65,66,67)/b10-8-,16-14-,22-20-,28-26-,31-30-,38-36+,46-44+,54-52+. The maximum atomic E-state index is 13.0. The van der Waals surface area contributed by atoms with Crippen molar-refractivity contribution in [1.29, 1.82) is 0 Å². The molecule has 0 saturated heterocycles. The fourth-order valence-corrected chi connectivity index (χ4v) is 8.52. The lowest BCUT2D eigenvalue weighted by Crippen LogP contribution is -2.45. The van der Waals surface area contributed by atoms with E-state index in [-0.39, 0.29) is 12.5 Å². The number of rotatable bonds is 51. The average molecular weight is 998 g/mol. The van der Waals surface area contributed by atoms with Crippen molar-refractivity contribution < 1.29 is 32.9 Å². The van der Waals surface area contributed by atoms with Gasteiger partial charge in [-0.05, 0) is 89.9 Å². The first-order chi connectivity index (χ1) is 34.0. The first-order valence-electron chi connectivity index (χ1n) is 28.6. The highest BCUT2D eigenvalue weighted by atomic mass is 31.2. The van der Waals surface area contributed by atoms with Crippen LogP contribution in [0.5, 0.6) is 0 Å². The zero-order chi connectivity index (χ0) is 51.3. The number of phosphoric ester groups is 1. The van der Waals surface area contributed by atoms with E-state index in [0.717, 1.165) is 77.0 Å². The third kappa shape index (κ3) is 53.2. The first kappa shape index (κ1) is 67.4. The second kappa shape index (κ2) is 51.3. The zero-order valence-electron chi connectivity index (χ0n) is 45.9. The van der Waals surface area contributed by atoms with Crippen LogP contribution in [0.4, 0.5) is 0 Å². The van der Waals surface area contributed by atoms with E-state index in [0.29, 0.717) is 17.4 Å². The van der Waals surface area contributed by atoms with Crippen molar-refractivity contribution in [3.05, 3.63) is 97.2 Å². The van der Waals surface area contributed by atoms with Crippen LogP contribution >= 0.6 is 7.82 Å². The third-order valence-electron chi connectivity index (χ3n) is 12.3. The van der Waals surface area contributed by atoms with Crippen LogP contribution in [-0.2, 0) is 18.4 Å². The number of allylic oxidation sites excluding steroid dienone is 15. The molecule has 3 atom stereocenters. The number of carbonyl (C=O) groups excluding carboxylic acids is 1. The number of nitrogens with zero attached hydrogens (tertiary/aromatic N) is 1. The number of aliphatic hydroxyl groups is 1. The fourth-order valence-electron chi connectivity index (χ4n) is 7.80. The van der Waals surface area contributed by atoms with E-state index in [1.807, 2.05) is 27.2 Å². The van der Waals surface area contributed by atoms with Crippen molar-refractivity contribution in [3.63, 3.8) is 0 Å². The van der Waals surface area contributed by atoms with Crippen LogP contribution in [0.2, 0.25) is 0 Å². The van der Waals surface area contributed by atoms with E-state index in [1.165, 1.54) is 135 Å². The van der Waals surface area contributed by atoms with Gasteiger partial charge in [-0.25, -0.2) is 0 Å². The number of unbranched alkanes of at least 4 members (excludes halogenated alkanes) is 24. The Bertz CT molecular complexity index is 1460. The Labute approximate surface area is 432 Å². The highest BCUT2D eigenvalue weighted by molar-refractivity contribution is 7.45. The van der Waals surface area contributed by atoms with Gasteiger partial charge in [0, 0.05) is 6.42 Å². The van der Waals surface area contributed by atoms with Gasteiger partial charge >= 0.3 is 0 Å². The molecule has 9 heteroatoms. The van der Waals surface area contributed by atoms with Gasteiger partial charge in [-0.2, -0.15) is 0 Å². The fraction of sp³-hybridized carbons (Fsp3) is 0.721. The minimum atomic E-state index is -4.62. The van der Waals surface area contributed by atoms with E-state index >= 15 is 0 Å². The Morgan fingerprint density at radius 2 is 0.886 bits per heavy atom. The number of aliphatic hydroxyl groups excluding tert-OH is 1. The van der Waals surface area contributed by atoms with Crippen LogP contribution in [0.3, 0.4) is 0 Å². The van der Waals surface area contributed by atoms with Crippen LogP contribution in [0.1, 0.15) is 232 Å². The van der Waals surface area contributed by atoms with Gasteiger partial charge in [-0.3, -0.25) is 9.36 Å². The Hall–Kier alpha value is -2.58. The largest absolute Gasteiger partial charge is 0.756 e. The summed E-state index contributed by atoms with van der Waals surface area (Å²) in [5.74, 6) is -0.218. The van der Waals surface area contributed by atoms with Crippen molar-refractivity contribution in [1.82, 2.24) is 5.32 Å². The molecule has 404 valence electrons. The summed E-state index contributed by atoms with van der Waals surface area (Å²) in [7, 11) is 1.22. The van der Waals surface area contributed by atoms with E-state index in [4.69, 9.17) is 9.05 Å². The molecule has 0 aliphatic heterocycles. The van der Waals surface area contributed by atoms with Crippen molar-refractivity contribution in [2.45, 2.75) is 244 Å². The summed E-state index contributed by atoms with van der Waals surface area (Å²) in [6.07, 6.45) is 73.4. The van der Waals surface area contributed by atoms with Crippen molar-refractivity contribution in [3.8, 4) is 0 Å². The number of nitrogens with one attached hydrogen (secondary N) is 1. The van der Waals surface area contributed by atoms with Gasteiger partial charge in [0.05, 0.1) is 39.9 Å². The minimum absolute atomic E-state index is 0.0139. The molecule has 0 spiro atoms. The number of hydrogen-bond acceptors (Lipinski definition) is 6. The minimum Gasteiger partial charge on any atom is -0.756 e. The van der Waals surface area contributed by atoms with Crippen LogP contribution < -0.4 is 10.2 Å². The number of quaternary nitrogens is 1. The van der Waals surface area contributed by atoms with Gasteiger partial charge < -0.3 is 28.8 Å². The zero-order valence-corrected chi connectivity index (χ0v) is 46.8. The predicted molar refractivity (Wildman–Crippen MR) is 302 cm³/mol. The number of amides is 1. The Morgan fingerprint density at radius 3 is 1.33 bits per heavy atom. The summed E-state index contributed by atoms with van der Waals surface area (Å²) >= 11 is 0. The summed E-state index contributed by atoms with van der Waals surface area (Å²) in [5.41, 5.74) is 0. The Kier molecular flexibility index (Phi) is 49.4. The molecule has 0 saturated carbocycles. The maximum Gasteiger partial charge on any atom is 0.268 e. The molecule has 0 aromatic heterocycles. The number of phosphoric acid groups is 1. The van der Waals surface area contributed by atoms with Gasteiger partial charge in [0.25, 0.3) is 7.82 Å². The normalized spacial score (nSPS) is 14.7. The van der Waals surface area contributed by atoms with Crippen molar-refractivity contribution in [2.75, 3.05) is 40.9 Å². The molecule has 0 aliphatic rings. The lowest BCUT2D eigenvalue weighted by atomic mass is 10.0. The Balaban J connectivity index is 4.30. The topological polar surface area (TPSA) is 108 Å². The molecule has 1 amide bonds. The van der Waals surface area contributed by atoms with Crippen molar-refractivity contribution in [2.24, 2.45) is 0 Å². The van der Waals surface area contributed by atoms with E-state index in [1.54, 1.807) is 6.08 Å². The average Bonchev–Trinajstić information content (AvgIpc) is 3.32. The lowest BCUT2D eigenvalue weighted by molar-refractivity contribution is -0.870. The quantitative estimate of drug-likeness (QED) is 0.0272. The third-order valence-corrected chi connectivity index (χ3v) is 13.2. The van der Waals surface area contributed by atoms with Crippen LogP contribution in [-0.4, -0.2) is 68.5 Å². The summed E-state index contributed by atoms with van der Waals surface area (Å²) < 4.78 is 23.3. The SMILES string of the molecule is CC/C=C\C/C=C\C/C=C\C/C=C\C/C=C\CCCCCCCCCCCCCC(=O)NC(COP(=O)([O-])OCC[N+](C)(C)C)C(O)/C=C/CC/C=C/CC/C=C/CCCCCCCCCCCCC. The van der Waals surface area contributed by atoms with Gasteiger partial charge in [-0.1, -0.05) is 233 Å². The second-order valence-corrected chi connectivity index (χ2v) is 21.7. The molecule has 8 nitrogen and oxygen atoms in total. The van der Waals surface area contributed by atoms with Crippen LogP contribution in [0.25, 0.3) is 0 Å². The summed E-state index contributed by atoms with van der Waals surface area (Å²) in [4.78, 5) is 25.5. The highest BCUT2D eigenvalue weighted by Gasteiger charge is 2.23. The van der Waals surface area contributed by atoms with E-state index in [9.17, 15) is 19.4 Å². The summed E-state index contributed by atoms with van der Waals surface area (Å²) in [5, 5.41) is 13.9. The summed E-state index contributed by atoms with van der Waals surface area (Å²) in [6, 6.07) is -0.918. The van der Waals surface area contributed by atoms with Gasteiger partial charge in [-0.15, -0.1) is 0 Å². The molecular weight excluding hydrogens is 888 g/mol. The number of hydrogen-bond donors (Lipinski definition) is 2. The highest BCUT2D eigenvalue weighted by Crippen LogP contribution is 2.38. The van der Waals surface area contributed by atoms with E-state index in [2.05, 4.69) is 104 Å². The number of carbonyl (C=O) groups is 1. The summed E-state index contributed by atoms with van der Waals surface area (Å²) in [6.45, 7) is 4.51. The van der Waals surface area contributed by atoms with Crippen molar-refractivity contribution >= 4 is 13.7 Å². The predicted octanol–water partition coefficient (Wildman–Crippen LogP) is 16.8. The van der Waals surface area contributed by atoms with Gasteiger partial charge in [0.15, 0.2) is 0 Å².